The van der Waals surface area contributed by atoms with Crippen LogP contribution in [0, 0.1) is 5.92 Å². The molecule has 0 aromatic rings. The predicted molar refractivity (Wildman–Crippen MR) is 68.0 cm³/mol. The fourth-order valence-electron chi connectivity index (χ4n) is 3.25. The lowest BCUT2D eigenvalue weighted by Gasteiger charge is -2.45. The summed E-state index contributed by atoms with van der Waals surface area (Å²) in [6, 6.07) is 0.609. The minimum Gasteiger partial charge on any atom is -0.394 e. The molecule has 2 fully saturated rings. The Morgan fingerprint density at radius 3 is 2.82 bits per heavy atom. The number of morpholine rings is 1. The minimum atomic E-state index is -0.146. The maximum absolute atomic E-state index is 9.34. The molecule has 0 bridgehead atoms. The average Bonchev–Trinajstić information content (AvgIpc) is 2.74. The van der Waals surface area contributed by atoms with E-state index in [1.165, 1.54) is 6.42 Å². The number of aliphatic hydroxyl groups excluding tert-OH is 1. The number of nitrogens with zero attached hydrogens (tertiary/aromatic N) is 1. The van der Waals surface area contributed by atoms with E-state index in [0.29, 0.717) is 6.04 Å². The molecule has 17 heavy (non-hydrogen) atoms. The zero-order chi connectivity index (χ0) is 12.5. The lowest BCUT2D eigenvalue weighted by molar-refractivity contribution is -0.158. The number of nitrogens with one attached hydrogen (secondary N) is 1. The van der Waals surface area contributed by atoms with E-state index in [2.05, 4.69) is 31.0 Å². The number of aliphatic hydroxyl groups is 1. The van der Waals surface area contributed by atoms with Gasteiger partial charge in [0.25, 0.3) is 0 Å². The molecule has 100 valence electrons. The molecule has 3 atom stereocenters. The van der Waals surface area contributed by atoms with Crippen LogP contribution in [-0.2, 0) is 4.74 Å². The third-order valence-electron chi connectivity index (χ3n) is 4.01. The first kappa shape index (κ1) is 13.3. The molecular formula is C13H26N2O2. The zero-order valence-electron chi connectivity index (χ0n) is 11.3. The third-order valence-corrected chi connectivity index (χ3v) is 4.01. The Balaban J connectivity index is 2.04. The molecule has 0 spiro atoms. The third kappa shape index (κ3) is 2.99. The van der Waals surface area contributed by atoms with Crippen LogP contribution in [0.2, 0.25) is 0 Å². The summed E-state index contributed by atoms with van der Waals surface area (Å²) in [4.78, 5) is 2.51. The molecule has 0 aromatic heterocycles. The second-order valence-corrected chi connectivity index (χ2v) is 6.01. The van der Waals surface area contributed by atoms with E-state index >= 15 is 0 Å². The highest BCUT2D eigenvalue weighted by Gasteiger charge is 2.39. The van der Waals surface area contributed by atoms with Crippen molar-refractivity contribution in [2.45, 2.75) is 44.9 Å². The van der Waals surface area contributed by atoms with Crippen molar-refractivity contribution in [1.29, 1.82) is 0 Å². The summed E-state index contributed by atoms with van der Waals surface area (Å²) in [5.41, 5.74) is -0.146. The minimum absolute atomic E-state index is 0.0307. The van der Waals surface area contributed by atoms with Gasteiger partial charge in [0.05, 0.1) is 18.3 Å². The van der Waals surface area contributed by atoms with Crippen molar-refractivity contribution in [3.63, 3.8) is 0 Å². The largest absolute Gasteiger partial charge is 0.394 e. The number of rotatable bonds is 3. The van der Waals surface area contributed by atoms with Crippen molar-refractivity contribution in [2.24, 2.45) is 5.92 Å². The van der Waals surface area contributed by atoms with Gasteiger partial charge in [0, 0.05) is 25.7 Å². The normalized spacial score (nSPS) is 38.5. The predicted octanol–water partition coefficient (Wildman–Crippen LogP) is 0.456. The van der Waals surface area contributed by atoms with E-state index in [-0.39, 0.29) is 18.3 Å². The van der Waals surface area contributed by atoms with Crippen LogP contribution in [0.3, 0.4) is 0 Å². The van der Waals surface area contributed by atoms with Crippen molar-refractivity contribution in [2.75, 3.05) is 32.8 Å². The molecular weight excluding hydrogens is 216 g/mol. The van der Waals surface area contributed by atoms with Crippen molar-refractivity contribution in [1.82, 2.24) is 10.2 Å². The SMILES string of the molecule is CCC1CNCC1N1CC(CO)OC(C)(C)C1. The molecule has 4 heteroatoms. The van der Waals surface area contributed by atoms with Crippen LogP contribution >= 0.6 is 0 Å². The molecule has 3 unspecified atom stereocenters. The van der Waals surface area contributed by atoms with Crippen molar-refractivity contribution in [3.05, 3.63) is 0 Å². The van der Waals surface area contributed by atoms with Crippen LogP contribution in [0.4, 0.5) is 0 Å². The zero-order valence-corrected chi connectivity index (χ0v) is 11.3. The Morgan fingerprint density at radius 2 is 2.18 bits per heavy atom. The first-order valence-electron chi connectivity index (χ1n) is 6.79. The van der Waals surface area contributed by atoms with Gasteiger partial charge in [-0.1, -0.05) is 13.3 Å². The Morgan fingerprint density at radius 1 is 1.41 bits per heavy atom. The molecule has 2 saturated heterocycles. The maximum atomic E-state index is 9.34. The lowest BCUT2D eigenvalue weighted by Crippen LogP contribution is -2.58. The van der Waals surface area contributed by atoms with E-state index in [4.69, 9.17) is 4.74 Å². The molecule has 0 aliphatic carbocycles. The van der Waals surface area contributed by atoms with E-state index < -0.39 is 0 Å². The second-order valence-electron chi connectivity index (χ2n) is 6.01. The molecule has 0 amide bonds. The quantitative estimate of drug-likeness (QED) is 0.754. The summed E-state index contributed by atoms with van der Waals surface area (Å²) < 4.78 is 5.87. The molecule has 0 aromatic carbocycles. The molecule has 0 saturated carbocycles. The Labute approximate surface area is 104 Å². The Hall–Kier alpha value is -0.160. The molecule has 2 heterocycles. The molecule has 2 aliphatic rings. The van der Waals surface area contributed by atoms with Gasteiger partial charge in [-0.3, -0.25) is 4.90 Å². The molecule has 2 aliphatic heterocycles. The number of ether oxygens (including phenoxy) is 1. The first-order valence-corrected chi connectivity index (χ1v) is 6.79. The highest BCUT2D eigenvalue weighted by molar-refractivity contribution is 4.94. The fraction of sp³-hybridized carbons (Fsp3) is 1.00. The number of hydrogen-bond donors (Lipinski definition) is 2. The van der Waals surface area contributed by atoms with Gasteiger partial charge < -0.3 is 15.2 Å². The average molecular weight is 242 g/mol. The van der Waals surface area contributed by atoms with Crippen molar-refractivity contribution >= 4 is 0 Å². The van der Waals surface area contributed by atoms with E-state index in [9.17, 15) is 5.11 Å². The van der Waals surface area contributed by atoms with Gasteiger partial charge in [0.1, 0.15) is 0 Å². The Bertz CT molecular complexity index is 258. The number of hydrogen-bond acceptors (Lipinski definition) is 4. The van der Waals surface area contributed by atoms with Gasteiger partial charge in [0.2, 0.25) is 0 Å². The van der Waals surface area contributed by atoms with E-state index in [1.54, 1.807) is 0 Å². The van der Waals surface area contributed by atoms with Gasteiger partial charge in [-0.2, -0.15) is 0 Å². The maximum Gasteiger partial charge on any atom is 0.0940 e. The van der Waals surface area contributed by atoms with Crippen LogP contribution < -0.4 is 5.32 Å². The van der Waals surface area contributed by atoms with E-state index in [1.807, 2.05) is 0 Å². The Kier molecular flexibility index (Phi) is 4.08. The smallest absolute Gasteiger partial charge is 0.0940 e. The summed E-state index contributed by atoms with van der Waals surface area (Å²) in [7, 11) is 0. The van der Waals surface area contributed by atoms with Crippen LogP contribution in [0.15, 0.2) is 0 Å². The summed E-state index contributed by atoms with van der Waals surface area (Å²) in [5.74, 6) is 0.739. The van der Waals surface area contributed by atoms with Crippen LogP contribution in [0.1, 0.15) is 27.2 Å². The molecule has 4 nitrogen and oxygen atoms in total. The van der Waals surface area contributed by atoms with Gasteiger partial charge in [-0.15, -0.1) is 0 Å². The fourth-order valence-corrected chi connectivity index (χ4v) is 3.25. The summed E-state index contributed by atoms with van der Waals surface area (Å²) in [6.07, 6.45) is 1.19. The molecule has 2 rings (SSSR count). The van der Waals surface area contributed by atoms with Crippen LogP contribution in [0.5, 0.6) is 0 Å². The van der Waals surface area contributed by atoms with Crippen molar-refractivity contribution < 1.29 is 9.84 Å². The lowest BCUT2D eigenvalue weighted by atomic mass is 9.95. The van der Waals surface area contributed by atoms with Crippen molar-refractivity contribution in [3.8, 4) is 0 Å². The molecule has 0 radical (unpaired) electrons. The highest BCUT2D eigenvalue weighted by atomic mass is 16.5. The monoisotopic (exact) mass is 242 g/mol. The first-order chi connectivity index (χ1) is 8.05. The second kappa shape index (κ2) is 5.22. The van der Waals surface area contributed by atoms with Crippen LogP contribution in [0.25, 0.3) is 0 Å². The van der Waals surface area contributed by atoms with Crippen LogP contribution in [-0.4, -0.2) is 60.5 Å². The van der Waals surface area contributed by atoms with E-state index in [0.717, 1.165) is 32.1 Å². The van der Waals surface area contributed by atoms with Gasteiger partial charge in [-0.05, 0) is 26.3 Å². The highest BCUT2D eigenvalue weighted by Crippen LogP contribution is 2.27. The van der Waals surface area contributed by atoms with Gasteiger partial charge in [0.15, 0.2) is 0 Å². The summed E-state index contributed by atoms with van der Waals surface area (Å²) in [5, 5.41) is 12.8. The standard InChI is InChI=1S/C13H26N2O2/c1-4-10-5-14-6-12(10)15-7-11(8-16)17-13(2,3)9-15/h10-12,14,16H,4-9H2,1-3H3. The molecule has 2 N–H and O–H groups in total. The topological polar surface area (TPSA) is 44.7 Å². The van der Waals surface area contributed by atoms with Gasteiger partial charge in [-0.25, -0.2) is 0 Å². The summed E-state index contributed by atoms with van der Waals surface area (Å²) >= 11 is 0. The summed E-state index contributed by atoms with van der Waals surface area (Å²) in [6.45, 7) is 10.7. The van der Waals surface area contributed by atoms with Gasteiger partial charge >= 0.3 is 0 Å².